The molecule has 10 heteroatoms. The summed E-state index contributed by atoms with van der Waals surface area (Å²) in [7, 11) is 0. The van der Waals surface area contributed by atoms with Crippen LogP contribution in [0.25, 0.3) is 10.2 Å². The highest BCUT2D eigenvalue weighted by molar-refractivity contribution is 7.22. The smallest absolute Gasteiger partial charge is 0.262 e. The molecule has 0 N–H and O–H groups in total. The first-order valence-electron chi connectivity index (χ1n) is 10.9. The molecule has 0 saturated heterocycles. The molecule has 0 bridgehead atoms. The van der Waals surface area contributed by atoms with Crippen LogP contribution < -0.4 is 4.90 Å². The summed E-state index contributed by atoms with van der Waals surface area (Å²) in [6, 6.07) is 10.3. The Labute approximate surface area is 213 Å². The molecule has 0 fully saturated rings. The normalized spacial score (nSPS) is 12.9. The van der Waals surface area contributed by atoms with E-state index >= 15 is 0 Å². The Morgan fingerprint density at radius 1 is 1.06 bits per heavy atom. The Hall–Kier alpha value is -2.52. The topological polar surface area (TPSA) is 73.8 Å². The molecule has 0 unspecified atom stereocenters. The van der Waals surface area contributed by atoms with Crippen LogP contribution in [-0.4, -0.2) is 65.2 Å². The zero-order valence-corrected chi connectivity index (χ0v) is 21.6. The number of likely N-dealkylation sites (N-methyl/N-ethyl adjacent to an activating group) is 1. The summed E-state index contributed by atoms with van der Waals surface area (Å²) in [5.41, 5.74) is 2.38. The summed E-state index contributed by atoms with van der Waals surface area (Å²) < 4.78 is 0.886. The minimum Gasteiger partial charge on any atom is -0.302 e. The molecule has 0 radical (unpaired) electrons. The van der Waals surface area contributed by atoms with E-state index in [2.05, 4.69) is 18.7 Å². The summed E-state index contributed by atoms with van der Waals surface area (Å²) in [6.45, 7) is 8.48. The van der Waals surface area contributed by atoms with E-state index in [1.807, 2.05) is 19.1 Å². The second-order valence-corrected chi connectivity index (χ2v) is 9.33. The molecule has 180 valence electrons. The largest absolute Gasteiger partial charge is 0.302 e. The molecule has 0 atom stereocenters. The average molecular weight is 521 g/mol. The predicted octanol–water partition coefficient (Wildman–Crippen LogP) is 4.65. The first kappa shape index (κ1) is 26.1. The van der Waals surface area contributed by atoms with E-state index in [-0.39, 0.29) is 24.9 Å². The number of carbonyl (C=O) groups is 3. The fourth-order valence-electron chi connectivity index (χ4n) is 3.97. The minimum absolute atomic E-state index is 0. The summed E-state index contributed by atoms with van der Waals surface area (Å²) >= 11 is 7.59. The van der Waals surface area contributed by atoms with Crippen molar-refractivity contribution >= 4 is 68.4 Å². The van der Waals surface area contributed by atoms with Crippen LogP contribution in [-0.2, 0) is 4.79 Å². The number of rotatable bonds is 8. The molecular formula is C24H26Cl2N4O3S. The molecule has 4 rings (SSSR count). The Kier molecular flexibility index (Phi) is 8.30. The number of carbonyl (C=O) groups excluding carboxylic acids is 3. The number of amides is 3. The highest BCUT2D eigenvalue weighted by atomic mass is 35.5. The minimum atomic E-state index is -0.445. The predicted molar refractivity (Wildman–Crippen MR) is 139 cm³/mol. The molecule has 2 heterocycles. The second kappa shape index (κ2) is 10.8. The van der Waals surface area contributed by atoms with Gasteiger partial charge < -0.3 is 4.90 Å². The first-order valence-corrected chi connectivity index (χ1v) is 12.1. The Morgan fingerprint density at radius 2 is 1.68 bits per heavy atom. The molecule has 1 aliphatic rings. The first-order chi connectivity index (χ1) is 15.8. The maximum absolute atomic E-state index is 13.5. The number of hydrogen-bond acceptors (Lipinski definition) is 6. The van der Waals surface area contributed by atoms with Crippen LogP contribution in [0.4, 0.5) is 5.13 Å². The van der Waals surface area contributed by atoms with Gasteiger partial charge in [0.05, 0.1) is 21.3 Å². The maximum Gasteiger partial charge on any atom is 0.262 e. The fraction of sp³-hybridized carbons (Fsp3) is 0.333. The summed E-state index contributed by atoms with van der Waals surface area (Å²) in [4.78, 5) is 48.6. The molecule has 1 aromatic heterocycles. The van der Waals surface area contributed by atoms with Gasteiger partial charge in [0.25, 0.3) is 11.8 Å². The lowest BCUT2D eigenvalue weighted by atomic mass is 10.1. The highest BCUT2D eigenvalue weighted by Gasteiger charge is 2.37. The third-order valence-corrected chi connectivity index (χ3v) is 7.12. The lowest BCUT2D eigenvalue weighted by molar-refractivity contribution is -0.119. The number of imide groups is 1. The van der Waals surface area contributed by atoms with Gasteiger partial charge >= 0.3 is 0 Å². The lowest BCUT2D eigenvalue weighted by Gasteiger charge is -2.26. The number of aromatic nitrogens is 1. The average Bonchev–Trinajstić information content (AvgIpc) is 3.32. The number of anilines is 1. The van der Waals surface area contributed by atoms with Gasteiger partial charge in [-0.2, -0.15) is 0 Å². The van der Waals surface area contributed by atoms with Gasteiger partial charge in [-0.15, -0.1) is 12.4 Å². The molecule has 7 nitrogen and oxygen atoms in total. The van der Waals surface area contributed by atoms with Crippen LogP contribution in [0.3, 0.4) is 0 Å². The second-order valence-electron chi connectivity index (χ2n) is 7.88. The van der Waals surface area contributed by atoms with Gasteiger partial charge in [-0.05, 0) is 49.8 Å². The molecule has 0 aliphatic carbocycles. The van der Waals surface area contributed by atoms with Crippen LogP contribution in [0, 0.1) is 6.92 Å². The zero-order chi connectivity index (χ0) is 23.7. The number of thiazole rings is 1. The highest BCUT2D eigenvalue weighted by Crippen LogP contribution is 2.33. The van der Waals surface area contributed by atoms with Crippen molar-refractivity contribution in [1.29, 1.82) is 0 Å². The van der Waals surface area contributed by atoms with E-state index in [1.54, 1.807) is 29.2 Å². The van der Waals surface area contributed by atoms with Gasteiger partial charge in [0, 0.05) is 18.1 Å². The van der Waals surface area contributed by atoms with Crippen molar-refractivity contribution in [3.05, 3.63) is 58.1 Å². The van der Waals surface area contributed by atoms with Gasteiger partial charge in [-0.25, -0.2) is 4.98 Å². The van der Waals surface area contributed by atoms with Crippen molar-refractivity contribution in [3.63, 3.8) is 0 Å². The maximum atomic E-state index is 13.5. The Bertz CT molecular complexity index is 1210. The van der Waals surface area contributed by atoms with Gasteiger partial charge in [0.2, 0.25) is 5.91 Å². The van der Waals surface area contributed by atoms with Gasteiger partial charge in [0.15, 0.2) is 5.13 Å². The number of fused-ring (bicyclic) bond motifs is 2. The third-order valence-electron chi connectivity index (χ3n) is 5.88. The van der Waals surface area contributed by atoms with E-state index in [9.17, 15) is 14.4 Å². The molecule has 0 spiro atoms. The third kappa shape index (κ3) is 4.95. The van der Waals surface area contributed by atoms with E-state index in [1.165, 1.54) is 11.3 Å². The van der Waals surface area contributed by atoms with Crippen molar-refractivity contribution in [2.24, 2.45) is 0 Å². The van der Waals surface area contributed by atoms with Crippen molar-refractivity contribution < 1.29 is 14.4 Å². The monoisotopic (exact) mass is 520 g/mol. The molecule has 34 heavy (non-hydrogen) atoms. The Morgan fingerprint density at radius 3 is 2.26 bits per heavy atom. The van der Waals surface area contributed by atoms with Gasteiger partial charge in [-0.1, -0.05) is 48.9 Å². The van der Waals surface area contributed by atoms with Crippen LogP contribution in [0.2, 0.25) is 5.02 Å². The molecule has 0 saturated carbocycles. The van der Waals surface area contributed by atoms with Crippen LogP contribution in [0.1, 0.15) is 40.1 Å². The Balaban J connectivity index is 0.00000324. The number of halogens is 2. The number of benzene rings is 2. The number of hydrogen-bond donors (Lipinski definition) is 0. The lowest BCUT2D eigenvalue weighted by Crippen LogP contribution is -2.45. The number of aryl methyl sites for hydroxylation is 1. The van der Waals surface area contributed by atoms with Crippen LogP contribution in [0.15, 0.2) is 36.4 Å². The van der Waals surface area contributed by atoms with Crippen LogP contribution >= 0.6 is 35.3 Å². The molecular weight excluding hydrogens is 495 g/mol. The van der Waals surface area contributed by atoms with Crippen molar-refractivity contribution in [2.45, 2.75) is 20.8 Å². The van der Waals surface area contributed by atoms with E-state index in [0.29, 0.717) is 34.4 Å². The van der Waals surface area contributed by atoms with E-state index in [0.717, 1.165) is 33.8 Å². The standard InChI is InChI=1S/C24H25ClN4O3S.ClH/c1-4-27(5-2)10-11-28(24-26-21-15(3)12-16(25)13-19(21)33-24)20(30)14-29-22(31)17-8-6-7-9-18(17)23(29)32;/h6-9,12-13H,4-5,10-11,14H2,1-3H3;1H. The summed E-state index contributed by atoms with van der Waals surface area (Å²) in [5, 5.41) is 1.14. The molecule has 2 aromatic carbocycles. The number of nitrogens with zero attached hydrogens (tertiary/aromatic N) is 4. The molecule has 3 aromatic rings. The molecule has 3 amide bonds. The fourth-order valence-corrected chi connectivity index (χ4v) is 5.43. The van der Waals surface area contributed by atoms with Gasteiger partial charge in [-0.3, -0.25) is 24.2 Å². The molecule has 1 aliphatic heterocycles. The van der Waals surface area contributed by atoms with Gasteiger partial charge in [0.1, 0.15) is 6.54 Å². The van der Waals surface area contributed by atoms with E-state index < -0.39 is 11.8 Å². The SMILES string of the molecule is CCN(CC)CCN(C(=O)CN1C(=O)c2ccccc2C1=O)c1nc2c(C)cc(Cl)cc2s1.Cl. The van der Waals surface area contributed by atoms with E-state index in [4.69, 9.17) is 16.6 Å². The van der Waals surface area contributed by atoms with Crippen LogP contribution in [0.5, 0.6) is 0 Å². The van der Waals surface area contributed by atoms with Crippen molar-refractivity contribution in [2.75, 3.05) is 37.6 Å². The van der Waals surface area contributed by atoms with Crippen molar-refractivity contribution in [1.82, 2.24) is 14.8 Å². The quantitative estimate of drug-likeness (QED) is 0.404. The zero-order valence-electron chi connectivity index (χ0n) is 19.2. The summed E-state index contributed by atoms with van der Waals surface area (Å²) in [6.07, 6.45) is 0. The summed E-state index contributed by atoms with van der Waals surface area (Å²) in [5.74, 6) is -1.24. The van der Waals surface area contributed by atoms with Crippen molar-refractivity contribution in [3.8, 4) is 0 Å².